The maximum absolute atomic E-state index is 2.69. The molecule has 0 radical (unpaired) electrons. The van der Waals surface area contributed by atoms with E-state index in [2.05, 4.69) is 44.5 Å². The zero-order chi connectivity index (χ0) is 15.0. The third-order valence-electron chi connectivity index (χ3n) is 4.46. The average molecular weight is 299 g/mol. The van der Waals surface area contributed by atoms with E-state index in [1.54, 1.807) is 0 Å². The van der Waals surface area contributed by atoms with Crippen LogP contribution in [-0.2, 0) is 0 Å². The molecular weight excluding hydrogens is 256 g/mol. The Morgan fingerprint density at radius 2 is 1.62 bits per heavy atom. The van der Waals surface area contributed by atoms with Crippen molar-refractivity contribution in [3.63, 3.8) is 0 Å². The Kier molecular flexibility index (Phi) is 11.4. The summed E-state index contributed by atoms with van der Waals surface area (Å²) in [6.45, 7) is 15.9. The molecule has 0 bridgehead atoms. The second-order valence-electron chi connectivity index (χ2n) is 7.79. The van der Waals surface area contributed by atoms with Crippen LogP contribution in [0.1, 0.15) is 67.2 Å². The van der Waals surface area contributed by atoms with Gasteiger partial charge in [-0.25, -0.2) is 0 Å². The molecular formula is C19H42N2. The number of hydrogen-bond acceptors (Lipinski definition) is 2. The molecule has 128 valence electrons. The first-order valence-electron chi connectivity index (χ1n) is 8.88. The summed E-state index contributed by atoms with van der Waals surface area (Å²) >= 11 is 0. The van der Waals surface area contributed by atoms with Crippen LogP contribution >= 0.6 is 0 Å². The van der Waals surface area contributed by atoms with Crippen LogP contribution in [-0.4, -0.2) is 49.6 Å². The summed E-state index contributed by atoms with van der Waals surface area (Å²) in [6.07, 6.45) is 7.03. The Morgan fingerprint density at radius 1 is 1.00 bits per heavy atom. The third-order valence-corrected chi connectivity index (χ3v) is 4.46. The lowest BCUT2D eigenvalue weighted by atomic mass is 9.95. The number of unbranched alkanes of at least 4 members (excludes halogenated alkanes) is 1. The van der Waals surface area contributed by atoms with Gasteiger partial charge in [0.05, 0.1) is 0 Å². The van der Waals surface area contributed by atoms with Gasteiger partial charge in [-0.2, -0.15) is 0 Å². The molecule has 0 spiro atoms. The lowest BCUT2D eigenvalue weighted by molar-refractivity contribution is 0.147. The van der Waals surface area contributed by atoms with Crippen molar-refractivity contribution in [1.82, 2.24) is 9.80 Å². The van der Waals surface area contributed by atoms with E-state index in [9.17, 15) is 0 Å². The van der Waals surface area contributed by atoms with Crippen LogP contribution in [0.25, 0.3) is 0 Å². The van der Waals surface area contributed by atoms with E-state index in [1.807, 2.05) is 0 Å². The second-order valence-corrected chi connectivity index (χ2v) is 7.79. The standard InChI is InChI=1S/C18H38N2.CH4/c1-16(2)8-6-7-11-20-12-9-18(10-13-20)15-19(5)14-17(3)4;/h16-18H,6-15H2,1-5H3;1H4. The van der Waals surface area contributed by atoms with Gasteiger partial charge in [0.1, 0.15) is 0 Å². The quantitative estimate of drug-likeness (QED) is 0.567. The van der Waals surface area contributed by atoms with Crippen LogP contribution in [0.15, 0.2) is 0 Å². The van der Waals surface area contributed by atoms with Crippen LogP contribution < -0.4 is 0 Å². The first kappa shape index (κ1) is 20.9. The molecule has 0 aromatic rings. The van der Waals surface area contributed by atoms with Crippen LogP contribution in [0.2, 0.25) is 0 Å². The first-order chi connectivity index (χ1) is 9.47. The van der Waals surface area contributed by atoms with E-state index in [1.165, 1.54) is 64.8 Å². The van der Waals surface area contributed by atoms with Crippen molar-refractivity contribution in [2.24, 2.45) is 17.8 Å². The van der Waals surface area contributed by atoms with E-state index in [4.69, 9.17) is 0 Å². The Labute approximate surface area is 135 Å². The van der Waals surface area contributed by atoms with E-state index in [0.29, 0.717) is 0 Å². The molecule has 0 aromatic heterocycles. The maximum atomic E-state index is 2.69. The highest BCUT2D eigenvalue weighted by molar-refractivity contribution is 4.74. The molecule has 0 amide bonds. The van der Waals surface area contributed by atoms with Gasteiger partial charge in [0.25, 0.3) is 0 Å². The number of likely N-dealkylation sites (tertiary alicyclic amines) is 1. The molecule has 1 aliphatic rings. The van der Waals surface area contributed by atoms with E-state index in [-0.39, 0.29) is 7.43 Å². The van der Waals surface area contributed by atoms with Crippen molar-refractivity contribution in [3.05, 3.63) is 0 Å². The summed E-state index contributed by atoms with van der Waals surface area (Å²) in [5, 5.41) is 0. The van der Waals surface area contributed by atoms with Crippen molar-refractivity contribution in [3.8, 4) is 0 Å². The largest absolute Gasteiger partial charge is 0.306 e. The minimum absolute atomic E-state index is 0. The number of piperidine rings is 1. The molecule has 0 aliphatic carbocycles. The lowest BCUT2D eigenvalue weighted by Gasteiger charge is -2.34. The molecule has 1 saturated heterocycles. The molecule has 1 aliphatic heterocycles. The first-order valence-corrected chi connectivity index (χ1v) is 8.88. The summed E-state index contributed by atoms with van der Waals surface area (Å²) in [4.78, 5) is 5.23. The van der Waals surface area contributed by atoms with E-state index in [0.717, 1.165) is 17.8 Å². The summed E-state index contributed by atoms with van der Waals surface area (Å²) in [5.74, 6) is 2.60. The van der Waals surface area contributed by atoms with Gasteiger partial charge in [-0.3, -0.25) is 0 Å². The third kappa shape index (κ3) is 10.3. The number of hydrogen-bond donors (Lipinski definition) is 0. The minimum atomic E-state index is 0. The normalized spacial score (nSPS) is 17.7. The zero-order valence-corrected chi connectivity index (χ0v) is 14.7. The summed E-state index contributed by atoms with van der Waals surface area (Å²) in [5.41, 5.74) is 0. The molecule has 21 heavy (non-hydrogen) atoms. The van der Waals surface area contributed by atoms with Crippen LogP contribution in [0, 0.1) is 17.8 Å². The molecule has 2 heteroatoms. The predicted octanol–water partition coefficient (Wildman–Crippen LogP) is 4.75. The van der Waals surface area contributed by atoms with Crippen molar-refractivity contribution in [1.29, 1.82) is 0 Å². The molecule has 0 aromatic carbocycles. The van der Waals surface area contributed by atoms with E-state index < -0.39 is 0 Å². The van der Waals surface area contributed by atoms with Gasteiger partial charge in [-0.15, -0.1) is 0 Å². The van der Waals surface area contributed by atoms with Crippen molar-refractivity contribution in [2.45, 2.75) is 67.2 Å². The molecule has 1 heterocycles. The fourth-order valence-electron chi connectivity index (χ4n) is 3.42. The van der Waals surface area contributed by atoms with Gasteiger partial charge < -0.3 is 9.80 Å². The monoisotopic (exact) mass is 298 g/mol. The molecule has 1 rings (SSSR count). The van der Waals surface area contributed by atoms with Gasteiger partial charge in [0.2, 0.25) is 0 Å². The molecule has 2 nitrogen and oxygen atoms in total. The molecule has 0 saturated carbocycles. The smallest absolute Gasteiger partial charge is 0.000767 e. The fraction of sp³-hybridized carbons (Fsp3) is 1.00. The predicted molar refractivity (Wildman–Crippen MR) is 96.9 cm³/mol. The van der Waals surface area contributed by atoms with Crippen molar-refractivity contribution < 1.29 is 0 Å². The maximum Gasteiger partial charge on any atom is 0.000767 e. The highest BCUT2D eigenvalue weighted by Crippen LogP contribution is 2.19. The zero-order valence-electron chi connectivity index (χ0n) is 14.7. The van der Waals surface area contributed by atoms with Crippen LogP contribution in [0.5, 0.6) is 0 Å². The van der Waals surface area contributed by atoms with Crippen molar-refractivity contribution >= 4 is 0 Å². The number of nitrogens with zero attached hydrogens (tertiary/aromatic N) is 2. The highest BCUT2D eigenvalue weighted by Gasteiger charge is 2.20. The van der Waals surface area contributed by atoms with Crippen LogP contribution in [0.4, 0.5) is 0 Å². The SMILES string of the molecule is C.CC(C)CCCCN1CCC(CN(C)CC(C)C)CC1. The second kappa shape index (κ2) is 11.5. The number of rotatable bonds is 9. The molecule has 0 atom stereocenters. The molecule has 1 fully saturated rings. The Hall–Kier alpha value is -0.0800. The Balaban J connectivity index is 0.00000400. The van der Waals surface area contributed by atoms with Crippen molar-refractivity contribution in [2.75, 3.05) is 39.8 Å². The summed E-state index contributed by atoms with van der Waals surface area (Å²) in [7, 11) is 2.29. The highest BCUT2D eigenvalue weighted by atomic mass is 15.1. The fourth-order valence-corrected chi connectivity index (χ4v) is 3.42. The minimum Gasteiger partial charge on any atom is -0.306 e. The molecule has 0 unspecified atom stereocenters. The lowest BCUT2D eigenvalue weighted by Crippen LogP contribution is -2.38. The van der Waals surface area contributed by atoms with Gasteiger partial charge in [-0.05, 0) is 63.7 Å². The Bertz CT molecular complexity index is 230. The van der Waals surface area contributed by atoms with Gasteiger partial charge >= 0.3 is 0 Å². The van der Waals surface area contributed by atoms with Gasteiger partial charge in [0, 0.05) is 13.1 Å². The van der Waals surface area contributed by atoms with Gasteiger partial charge in [-0.1, -0.05) is 48.0 Å². The molecule has 0 N–H and O–H groups in total. The summed E-state index contributed by atoms with van der Waals surface area (Å²) < 4.78 is 0. The van der Waals surface area contributed by atoms with E-state index >= 15 is 0 Å². The Morgan fingerprint density at radius 3 is 2.14 bits per heavy atom. The van der Waals surface area contributed by atoms with Crippen LogP contribution in [0.3, 0.4) is 0 Å². The topological polar surface area (TPSA) is 6.48 Å². The van der Waals surface area contributed by atoms with Gasteiger partial charge in [0.15, 0.2) is 0 Å². The summed E-state index contributed by atoms with van der Waals surface area (Å²) in [6, 6.07) is 0. The average Bonchev–Trinajstić information content (AvgIpc) is 2.35.